The van der Waals surface area contributed by atoms with Gasteiger partial charge in [-0.3, -0.25) is 4.79 Å². The van der Waals surface area contributed by atoms with Gasteiger partial charge < -0.3 is 15.4 Å². The molecule has 0 bridgehead atoms. The predicted molar refractivity (Wildman–Crippen MR) is 99.2 cm³/mol. The zero-order valence-corrected chi connectivity index (χ0v) is 14.9. The van der Waals surface area contributed by atoms with Crippen LogP contribution in [0.5, 0.6) is 0 Å². The zero-order chi connectivity index (χ0) is 17.0. The van der Waals surface area contributed by atoms with Crippen LogP contribution in [0.4, 0.5) is 5.69 Å². The lowest BCUT2D eigenvalue weighted by Crippen LogP contribution is -2.35. The smallest absolute Gasteiger partial charge is 0.319 e. The monoisotopic (exact) mass is 332 g/mol. The van der Waals surface area contributed by atoms with E-state index in [1.54, 1.807) is 0 Å². The fourth-order valence-corrected chi connectivity index (χ4v) is 2.89. The topological polar surface area (TPSA) is 50.4 Å². The maximum absolute atomic E-state index is 11.0. The molecule has 0 aromatic heterocycles. The molecular formula is C20H32N2O2. The van der Waals surface area contributed by atoms with Crippen LogP contribution in [0.25, 0.3) is 0 Å². The fourth-order valence-electron chi connectivity index (χ4n) is 2.89. The summed E-state index contributed by atoms with van der Waals surface area (Å²) in [6.07, 6.45) is 9.18. The molecule has 0 aliphatic heterocycles. The Morgan fingerprint density at radius 1 is 1.08 bits per heavy atom. The van der Waals surface area contributed by atoms with E-state index in [9.17, 15) is 4.79 Å². The summed E-state index contributed by atoms with van der Waals surface area (Å²) < 4.78 is 4.83. The first-order chi connectivity index (χ1) is 11.8. The van der Waals surface area contributed by atoms with Crippen molar-refractivity contribution in [3.63, 3.8) is 0 Å². The van der Waals surface area contributed by atoms with E-state index in [2.05, 4.69) is 34.9 Å². The maximum Gasteiger partial charge on any atom is 0.319 e. The third-order valence-electron chi connectivity index (χ3n) is 4.51. The third kappa shape index (κ3) is 8.34. The first-order valence-corrected chi connectivity index (χ1v) is 9.46. The van der Waals surface area contributed by atoms with Gasteiger partial charge in [0, 0.05) is 18.3 Å². The highest BCUT2D eigenvalue weighted by atomic mass is 16.5. The summed E-state index contributed by atoms with van der Waals surface area (Å²) >= 11 is 0. The Kier molecular flexibility index (Phi) is 8.67. The van der Waals surface area contributed by atoms with E-state index in [1.807, 2.05) is 13.0 Å². The van der Waals surface area contributed by atoms with Crippen molar-refractivity contribution in [3.05, 3.63) is 30.3 Å². The normalized spacial score (nSPS) is 17.5. The van der Waals surface area contributed by atoms with Crippen molar-refractivity contribution in [2.24, 2.45) is 5.92 Å². The second-order valence-corrected chi connectivity index (χ2v) is 6.71. The zero-order valence-electron chi connectivity index (χ0n) is 14.9. The van der Waals surface area contributed by atoms with Crippen LogP contribution >= 0.6 is 0 Å². The molecule has 0 saturated heterocycles. The van der Waals surface area contributed by atoms with Crippen LogP contribution in [0, 0.1) is 5.92 Å². The second kappa shape index (κ2) is 11.1. The van der Waals surface area contributed by atoms with Gasteiger partial charge in [-0.1, -0.05) is 37.5 Å². The Morgan fingerprint density at radius 3 is 2.42 bits per heavy atom. The minimum atomic E-state index is -0.131. The van der Waals surface area contributed by atoms with E-state index < -0.39 is 0 Å². The Labute approximate surface area is 146 Å². The number of ether oxygens (including phenoxy) is 1. The summed E-state index contributed by atoms with van der Waals surface area (Å²) in [5, 5.41) is 6.64. The van der Waals surface area contributed by atoms with Crippen LogP contribution in [0.1, 0.15) is 51.9 Å². The summed E-state index contributed by atoms with van der Waals surface area (Å²) in [5.74, 6) is 0.822. The fraction of sp³-hybridized carbons (Fsp3) is 0.650. The van der Waals surface area contributed by atoms with E-state index in [4.69, 9.17) is 4.74 Å². The Hall–Kier alpha value is -1.55. The molecule has 2 saturated carbocycles. The molecule has 2 aliphatic rings. The molecule has 4 nitrogen and oxygen atoms in total. The molecule has 134 valence electrons. The summed E-state index contributed by atoms with van der Waals surface area (Å²) in [6.45, 7) is 3.84. The Bertz CT molecular complexity index is 454. The van der Waals surface area contributed by atoms with Gasteiger partial charge in [-0.05, 0) is 50.7 Å². The van der Waals surface area contributed by atoms with Crippen LogP contribution in [-0.4, -0.2) is 31.7 Å². The third-order valence-corrected chi connectivity index (χ3v) is 4.51. The van der Waals surface area contributed by atoms with Gasteiger partial charge in [0.05, 0.1) is 13.2 Å². The van der Waals surface area contributed by atoms with Crippen LogP contribution in [0.15, 0.2) is 30.3 Å². The average Bonchev–Trinajstić information content (AvgIpc) is 3.45. The number of para-hydroxylation sites is 1. The number of esters is 1. The van der Waals surface area contributed by atoms with E-state index >= 15 is 0 Å². The standard InChI is InChI=1S/C10H19NO2.C10H13N/c1-2-13-10(12)8-11-9-6-4-3-5-7-9;1-2-4-10(5-3-1)11-8-9-6-7-9/h9,11H,2-8H2,1H3;1-5,9,11H,6-8H2. The lowest BCUT2D eigenvalue weighted by Gasteiger charge is -2.22. The molecule has 24 heavy (non-hydrogen) atoms. The van der Waals surface area contributed by atoms with Crippen LogP contribution in [0.2, 0.25) is 0 Å². The number of carbonyl (C=O) groups is 1. The second-order valence-electron chi connectivity index (χ2n) is 6.71. The molecule has 2 aliphatic carbocycles. The number of carbonyl (C=O) groups excluding carboxylic acids is 1. The molecule has 0 unspecified atom stereocenters. The minimum absolute atomic E-state index is 0.131. The van der Waals surface area contributed by atoms with Crippen LogP contribution in [-0.2, 0) is 9.53 Å². The van der Waals surface area contributed by atoms with Crippen molar-refractivity contribution >= 4 is 11.7 Å². The first kappa shape index (κ1) is 18.8. The van der Waals surface area contributed by atoms with Crippen molar-refractivity contribution in [2.45, 2.75) is 57.9 Å². The van der Waals surface area contributed by atoms with E-state index in [0.717, 1.165) is 12.5 Å². The van der Waals surface area contributed by atoms with Crippen LogP contribution < -0.4 is 10.6 Å². The van der Waals surface area contributed by atoms with Gasteiger partial charge in [0.1, 0.15) is 0 Å². The molecule has 4 heteroatoms. The van der Waals surface area contributed by atoms with E-state index in [-0.39, 0.29) is 5.97 Å². The largest absolute Gasteiger partial charge is 0.465 e. The van der Waals surface area contributed by atoms with Gasteiger partial charge in [0.25, 0.3) is 0 Å². The van der Waals surface area contributed by atoms with Gasteiger partial charge in [0.2, 0.25) is 0 Å². The molecule has 0 amide bonds. The number of hydrogen-bond donors (Lipinski definition) is 2. The van der Waals surface area contributed by atoms with Crippen molar-refractivity contribution in [2.75, 3.05) is 25.0 Å². The molecule has 0 radical (unpaired) electrons. The van der Waals surface area contributed by atoms with Gasteiger partial charge in [0.15, 0.2) is 0 Å². The van der Waals surface area contributed by atoms with Crippen molar-refractivity contribution in [3.8, 4) is 0 Å². The molecule has 1 aromatic rings. The minimum Gasteiger partial charge on any atom is -0.465 e. The quantitative estimate of drug-likeness (QED) is 0.742. The first-order valence-electron chi connectivity index (χ1n) is 9.46. The SMILES string of the molecule is CCOC(=O)CNC1CCCCC1.c1ccc(NCC2CC2)cc1. The molecule has 0 atom stereocenters. The van der Waals surface area contributed by atoms with Gasteiger partial charge >= 0.3 is 5.97 Å². The van der Waals surface area contributed by atoms with Crippen molar-refractivity contribution in [1.82, 2.24) is 5.32 Å². The highest BCUT2D eigenvalue weighted by Crippen LogP contribution is 2.28. The summed E-state index contributed by atoms with van der Waals surface area (Å²) in [7, 11) is 0. The lowest BCUT2D eigenvalue weighted by molar-refractivity contribution is -0.142. The van der Waals surface area contributed by atoms with Crippen molar-refractivity contribution in [1.29, 1.82) is 0 Å². The molecule has 0 spiro atoms. The summed E-state index contributed by atoms with van der Waals surface area (Å²) in [5.41, 5.74) is 1.25. The number of benzene rings is 1. The van der Waals surface area contributed by atoms with Crippen molar-refractivity contribution < 1.29 is 9.53 Å². The molecule has 2 fully saturated rings. The molecular weight excluding hydrogens is 300 g/mol. The van der Waals surface area contributed by atoms with E-state index in [0.29, 0.717) is 19.2 Å². The summed E-state index contributed by atoms with van der Waals surface area (Å²) in [6, 6.07) is 10.9. The average molecular weight is 332 g/mol. The highest BCUT2D eigenvalue weighted by Gasteiger charge is 2.20. The number of anilines is 1. The Morgan fingerprint density at radius 2 is 1.79 bits per heavy atom. The number of rotatable bonds is 7. The van der Waals surface area contributed by atoms with Gasteiger partial charge in [-0.25, -0.2) is 0 Å². The molecule has 0 heterocycles. The highest BCUT2D eigenvalue weighted by molar-refractivity contribution is 5.71. The van der Waals surface area contributed by atoms with Crippen LogP contribution in [0.3, 0.4) is 0 Å². The molecule has 3 rings (SSSR count). The predicted octanol–water partition coefficient (Wildman–Crippen LogP) is 3.98. The lowest BCUT2D eigenvalue weighted by atomic mass is 9.96. The Balaban J connectivity index is 0.000000175. The number of hydrogen-bond acceptors (Lipinski definition) is 4. The maximum atomic E-state index is 11.0. The molecule has 1 aromatic carbocycles. The van der Waals surface area contributed by atoms with E-state index in [1.165, 1.54) is 50.6 Å². The summed E-state index contributed by atoms with van der Waals surface area (Å²) in [4.78, 5) is 11.0. The number of nitrogens with one attached hydrogen (secondary N) is 2. The van der Waals surface area contributed by atoms with Gasteiger partial charge in [-0.15, -0.1) is 0 Å². The van der Waals surface area contributed by atoms with Gasteiger partial charge in [-0.2, -0.15) is 0 Å². The molecule has 2 N–H and O–H groups in total.